The molecule has 1 heterocycles. The van der Waals surface area contributed by atoms with Crippen LogP contribution in [0.1, 0.15) is 38.3 Å². The number of benzene rings is 3. The van der Waals surface area contributed by atoms with Crippen molar-refractivity contribution >= 4 is 25.7 Å². The van der Waals surface area contributed by atoms with Crippen LogP contribution in [0.2, 0.25) is 0 Å². The summed E-state index contributed by atoms with van der Waals surface area (Å²) in [6.45, 7) is 7.94. The first-order valence-corrected chi connectivity index (χ1v) is 17.9. The minimum absolute atomic E-state index is 0.0333. The zero-order valence-corrected chi connectivity index (χ0v) is 28.9. The van der Waals surface area contributed by atoms with E-state index in [2.05, 4.69) is 20.8 Å². The zero-order chi connectivity index (χ0) is 33.0. The highest BCUT2D eigenvalue weighted by molar-refractivity contribution is 7.89. The van der Waals surface area contributed by atoms with Gasteiger partial charge in [0.25, 0.3) is 0 Å². The maximum absolute atomic E-state index is 13.6. The predicted octanol–water partition coefficient (Wildman–Crippen LogP) is 4.77. The Morgan fingerprint density at radius 2 is 1.33 bits per heavy atom. The number of piperazine rings is 1. The molecule has 12 heteroatoms. The molecule has 45 heavy (non-hydrogen) atoms. The number of nitrogens with zero attached hydrogens (tertiary/aromatic N) is 3. The van der Waals surface area contributed by atoms with Gasteiger partial charge in [-0.3, -0.25) is 0 Å². The summed E-state index contributed by atoms with van der Waals surface area (Å²) >= 11 is 0. The first kappa shape index (κ1) is 34.6. The van der Waals surface area contributed by atoms with Gasteiger partial charge < -0.3 is 19.1 Å². The van der Waals surface area contributed by atoms with Crippen LogP contribution in [0.25, 0.3) is 0 Å². The lowest BCUT2D eigenvalue weighted by molar-refractivity contribution is 0.354. The van der Waals surface area contributed by atoms with E-state index in [1.807, 2.05) is 29.2 Å². The third-order valence-electron chi connectivity index (χ3n) is 8.76. The van der Waals surface area contributed by atoms with Gasteiger partial charge >= 0.3 is 0 Å². The smallest absolute Gasteiger partial charge is 0.243 e. The van der Waals surface area contributed by atoms with E-state index in [1.165, 1.54) is 21.8 Å². The average molecular weight is 660 g/mol. The van der Waals surface area contributed by atoms with Crippen molar-refractivity contribution < 1.29 is 31.0 Å². The van der Waals surface area contributed by atoms with Gasteiger partial charge in [0.05, 0.1) is 36.8 Å². The molecule has 0 saturated carbocycles. The average Bonchev–Trinajstić information content (AvgIpc) is 3.06. The van der Waals surface area contributed by atoms with Crippen molar-refractivity contribution in [2.45, 2.75) is 48.8 Å². The number of sulfonamides is 2. The van der Waals surface area contributed by atoms with E-state index in [-0.39, 0.29) is 34.8 Å². The van der Waals surface area contributed by atoms with E-state index in [0.29, 0.717) is 42.4 Å². The van der Waals surface area contributed by atoms with Gasteiger partial charge in [-0.25, -0.2) is 21.1 Å². The molecular weight excluding hydrogens is 615 g/mol. The van der Waals surface area contributed by atoms with Crippen LogP contribution < -0.4 is 19.1 Å². The molecule has 3 aromatic rings. The molecule has 0 spiro atoms. The summed E-state index contributed by atoms with van der Waals surface area (Å²) < 4.78 is 73.2. The quantitative estimate of drug-likeness (QED) is 0.259. The molecule has 0 aromatic heterocycles. The Hall–Kier alpha value is -3.32. The van der Waals surface area contributed by atoms with Gasteiger partial charge in [-0.1, -0.05) is 39.0 Å². The topological polar surface area (TPSA) is 106 Å². The lowest BCUT2D eigenvalue weighted by atomic mass is 9.82. The number of likely N-dealkylation sites (N-methyl/N-ethyl adjacent to an activating group) is 1. The van der Waals surface area contributed by atoms with Crippen LogP contribution >= 0.6 is 0 Å². The molecule has 1 saturated heterocycles. The van der Waals surface area contributed by atoms with Gasteiger partial charge in [0.15, 0.2) is 11.5 Å². The Labute approximate surface area is 268 Å². The first-order chi connectivity index (χ1) is 21.3. The summed E-state index contributed by atoms with van der Waals surface area (Å²) in [5, 5.41) is 0. The number of ether oxygens (including phenoxy) is 3. The highest BCUT2D eigenvalue weighted by atomic mass is 32.2. The molecule has 1 aliphatic heterocycles. The van der Waals surface area contributed by atoms with Crippen LogP contribution in [0.4, 0.5) is 5.69 Å². The Morgan fingerprint density at radius 1 is 0.756 bits per heavy atom. The molecule has 1 aliphatic rings. The van der Waals surface area contributed by atoms with Gasteiger partial charge in [-0.2, -0.15) is 4.31 Å². The summed E-state index contributed by atoms with van der Waals surface area (Å²) in [4.78, 5) is 2.38. The van der Waals surface area contributed by atoms with Gasteiger partial charge in [0, 0.05) is 39.8 Å². The van der Waals surface area contributed by atoms with Crippen LogP contribution in [0.3, 0.4) is 0 Å². The highest BCUT2D eigenvalue weighted by Gasteiger charge is 2.31. The SMILES string of the molecule is CCC(C)(C)c1ccc(S(=O)(=O)N2CCN(c3cc(S(=O)(=O)N(C)CCc4ccc(OC)c(OC)c4)ccc3OC)CC2)cc1. The Kier molecular flexibility index (Phi) is 10.7. The van der Waals surface area contributed by atoms with Gasteiger partial charge in [-0.15, -0.1) is 0 Å². The van der Waals surface area contributed by atoms with Crippen molar-refractivity contribution in [3.63, 3.8) is 0 Å². The van der Waals surface area contributed by atoms with Gasteiger partial charge in [-0.05, 0) is 71.8 Å². The largest absolute Gasteiger partial charge is 0.495 e. The van der Waals surface area contributed by atoms with E-state index in [9.17, 15) is 16.8 Å². The van der Waals surface area contributed by atoms with Crippen LogP contribution in [-0.2, 0) is 31.9 Å². The molecule has 0 amide bonds. The van der Waals surface area contributed by atoms with Gasteiger partial charge in [0.2, 0.25) is 20.0 Å². The summed E-state index contributed by atoms with van der Waals surface area (Å²) in [6, 6.07) is 17.5. The minimum atomic E-state index is -3.82. The third kappa shape index (κ3) is 7.40. The normalized spacial score (nSPS) is 14.9. The molecule has 4 rings (SSSR count). The summed E-state index contributed by atoms with van der Waals surface area (Å²) in [5.74, 6) is 1.71. The van der Waals surface area contributed by atoms with Crippen LogP contribution in [0.15, 0.2) is 70.5 Å². The standard InChI is InChI=1S/C33H45N3O7S2/c1-8-33(2,3)26-10-12-27(13-11-26)45(39,40)36-21-19-35(20-22-36)29-24-28(14-16-30(29)41-5)44(37,38)34(4)18-17-25-9-15-31(42-6)32(23-25)43-7/h9-16,23-24H,8,17-22H2,1-7H3. The van der Waals surface area contributed by atoms with E-state index in [1.54, 1.807) is 51.6 Å². The van der Waals surface area contributed by atoms with E-state index >= 15 is 0 Å². The highest BCUT2D eigenvalue weighted by Crippen LogP contribution is 2.34. The van der Waals surface area contributed by atoms with Crippen LogP contribution in [-0.4, -0.2) is 86.5 Å². The zero-order valence-electron chi connectivity index (χ0n) is 27.2. The summed E-state index contributed by atoms with van der Waals surface area (Å²) in [6.07, 6.45) is 1.43. The monoisotopic (exact) mass is 659 g/mol. The molecule has 3 aromatic carbocycles. The molecule has 0 unspecified atom stereocenters. The first-order valence-electron chi connectivity index (χ1n) is 15.0. The maximum atomic E-state index is 13.6. The second-order valence-electron chi connectivity index (χ2n) is 11.8. The molecule has 0 radical (unpaired) electrons. The fourth-order valence-electron chi connectivity index (χ4n) is 5.30. The summed E-state index contributed by atoms with van der Waals surface area (Å²) in [5.41, 5.74) is 2.59. The van der Waals surface area contributed by atoms with Crippen LogP contribution in [0, 0.1) is 0 Å². The second-order valence-corrected chi connectivity index (χ2v) is 15.7. The number of hydrogen-bond donors (Lipinski definition) is 0. The lowest BCUT2D eigenvalue weighted by Crippen LogP contribution is -2.48. The second kappa shape index (κ2) is 14.0. The fraction of sp³-hybridized carbons (Fsp3) is 0.455. The van der Waals surface area contributed by atoms with Crippen LogP contribution in [0.5, 0.6) is 17.2 Å². The summed E-state index contributed by atoms with van der Waals surface area (Å²) in [7, 11) is -1.28. The third-order valence-corrected chi connectivity index (χ3v) is 12.5. The number of anilines is 1. The number of methoxy groups -OCH3 is 3. The van der Waals surface area contributed by atoms with Crippen molar-refractivity contribution in [3.8, 4) is 17.2 Å². The molecule has 1 fully saturated rings. The number of hydrogen-bond acceptors (Lipinski definition) is 8. The Balaban J connectivity index is 1.47. The van der Waals surface area contributed by atoms with E-state index in [0.717, 1.165) is 17.5 Å². The molecule has 0 aliphatic carbocycles. The fourth-order valence-corrected chi connectivity index (χ4v) is 7.92. The van der Waals surface area contributed by atoms with E-state index < -0.39 is 20.0 Å². The van der Waals surface area contributed by atoms with Crippen molar-refractivity contribution in [2.24, 2.45) is 0 Å². The molecule has 0 atom stereocenters. The minimum Gasteiger partial charge on any atom is -0.495 e. The van der Waals surface area contributed by atoms with Gasteiger partial charge in [0.1, 0.15) is 5.75 Å². The molecular formula is C33H45N3O7S2. The predicted molar refractivity (Wildman–Crippen MR) is 177 cm³/mol. The van der Waals surface area contributed by atoms with Crippen molar-refractivity contribution in [1.82, 2.24) is 8.61 Å². The molecule has 246 valence electrons. The van der Waals surface area contributed by atoms with E-state index in [4.69, 9.17) is 14.2 Å². The Morgan fingerprint density at radius 3 is 1.91 bits per heavy atom. The number of rotatable bonds is 13. The molecule has 0 N–H and O–H groups in total. The molecule has 10 nitrogen and oxygen atoms in total. The Bertz CT molecular complexity index is 1680. The molecule has 0 bridgehead atoms. The lowest BCUT2D eigenvalue weighted by Gasteiger charge is -2.36. The van der Waals surface area contributed by atoms with Crippen molar-refractivity contribution in [3.05, 3.63) is 71.8 Å². The van der Waals surface area contributed by atoms with Crippen molar-refractivity contribution in [2.75, 3.05) is 66.0 Å². The maximum Gasteiger partial charge on any atom is 0.243 e. The van der Waals surface area contributed by atoms with Crippen molar-refractivity contribution in [1.29, 1.82) is 0 Å².